The molecule has 0 saturated carbocycles. The monoisotopic (exact) mass is 1370 g/mol. The van der Waals surface area contributed by atoms with Gasteiger partial charge in [0.25, 0.3) is 0 Å². The number of thiophene rings is 1. The van der Waals surface area contributed by atoms with Crippen LogP contribution in [0.1, 0.15) is 0 Å². The van der Waals surface area contributed by atoms with Crippen LogP contribution in [0.25, 0.3) is 163 Å². The van der Waals surface area contributed by atoms with Crippen LogP contribution < -0.4 is 9.80 Å². The molecule has 0 fully saturated rings. The number of fused-ring (bicyclic) bond motifs is 8. The predicted octanol–water partition coefficient (Wildman–Crippen LogP) is 27.4. The molecule has 8 heteroatoms. The Morgan fingerprint density at radius 3 is 1.07 bits per heavy atom. The van der Waals surface area contributed by atoms with Crippen LogP contribution in [-0.2, 0) is 0 Å². The molecule has 4 heterocycles. The normalized spacial score (nSPS) is 11.8. The Labute approximate surface area is 614 Å². The van der Waals surface area contributed by atoms with E-state index >= 15 is 0 Å². The summed E-state index contributed by atoms with van der Waals surface area (Å²) in [6.45, 7) is 0. The minimum atomic E-state index is 0.484. The molecule has 0 atom stereocenters. The number of anilines is 6. The van der Waals surface area contributed by atoms with E-state index in [1.165, 1.54) is 129 Å². The van der Waals surface area contributed by atoms with Gasteiger partial charge in [0.1, 0.15) is 0 Å². The van der Waals surface area contributed by atoms with Crippen LogP contribution in [-0.4, -0.2) is 19.3 Å². The lowest BCUT2D eigenvalue weighted by molar-refractivity contribution is 0.585. The molecule has 22 rings (SSSR count). The van der Waals surface area contributed by atoms with E-state index in [0.29, 0.717) is 11.8 Å². The van der Waals surface area contributed by atoms with Gasteiger partial charge in [-0.2, -0.15) is 0 Å². The van der Waals surface area contributed by atoms with E-state index in [4.69, 9.17) is 4.42 Å². The number of hydrogen-bond donors (Lipinski definition) is 0. The Balaban J connectivity index is 0.000000136. The highest BCUT2D eigenvalue weighted by atomic mass is 32.1. The Morgan fingerprint density at radius 1 is 0.245 bits per heavy atom. The molecule has 0 bridgehead atoms. The maximum Gasteiger partial charge on any atom is 0.248 e. The van der Waals surface area contributed by atoms with Crippen molar-refractivity contribution < 1.29 is 4.42 Å². The third-order valence-electron chi connectivity index (χ3n) is 21.2. The van der Waals surface area contributed by atoms with Crippen molar-refractivity contribution in [1.29, 1.82) is 0 Å². The van der Waals surface area contributed by atoms with Crippen molar-refractivity contribution >= 4 is 154 Å². The van der Waals surface area contributed by atoms with Gasteiger partial charge in [0.05, 0.1) is 22.1 Å². The fraction of sp³-hybridized carbons (Fsp3) is 0. The van der Waals surface area contributed by atoms with Gasteiger partial charge in [-0.15, -0.1) is 21.5 Å². The molecule has 0 amide bonds. The summed E-state index contributed by atoms with van der Waals surface area (Å²) in [6, 6.07) is 135. The summed E-state index contributed by atoms with van der Waals surface area (Å²) in [4.78, 5) is 7.08. The zero-order valence-electron chi connectivity index (χ0n) is 57.3. The maximum atomic E-state index is 6.46. The molecule has 0 unspecified atom stereocenters. The highest BCUT2D eigenvalue weighted by Crippen LogP contribution is 2.49. The average Bonchev–Trinajstić information content (AvgIpc) is 1.39. The Kier molecular flexibility index (Phi) is 14.3. The standard InChI is InChI=1S/C50H32N2S.C48H30N4O/c1-4-12-36(13-5-1)51(37-14-6-2-7-15-37)39-25-20-33(21-26-39)46-30-31-47(53-46)41-27-22-34-23-29-43-49-35(24-28-42(41)48(34)49)32-44-40-18-10-11-19-45(40)52(50(43)44)38-16-8-3-9-17-38;1-4-12-34(13-5-1)51(35-14-6-2-7-15-35)37-25-20-32(21-26-37)47-49-50-48(53-47)40-28-22-31-23-29-41-45-33(24-27-39(40)44(31)45)30-42-38-18-10-11-19-43(38)52(46(41)42)36-16-8-3-9-17-36/h1-32H;1-30H. The van der Waals surface area contributed by atoms with E-state index in [0.717, 1.165) is 56.3 Å². The van der Waals surface area contributed by atoms with Gasteiger partial charge in [-0.25, -0.2) is 0 Å². The summed E-state index contributed by atoms with van der Waals surface area (Å²) in [5.41, 5.74) is 18.2. The molecule has 0 aliphatic rings. The van der Waals surface area contributed by atoms with Gasteiger partial charge in [0.2, 0.25) is 11.8 Å². The van der Waals surface area contributed by atoms with Gasteiger partial charge in [0, 0.05) is 98.7 Å². The van der Waals surface area contributed by atoms with Crippen molar-refractivity contribution in [2.75, 3.05) is 9.80 Å². The van der Waals surface area contributed by atoms with Gasteiger partial charge in [0.15, 0.2) is 0 Å². The summed E-state index contributed by atoms with van der Waals surface area (Å²) in [5, 5.41) is 29.2. The first kappa shape index (κ1) is 60.8. The summed E-state index contributed by atoms with van der Waals surface area (Å²) >= 11 is 1.86. The van der Waals surface area contributed by atoms with Crippen LogP contribution in [0.2, 0.25) is 0 Å². The maximum absolute atomic E-state index is 6.46. The number of hydrogen-bond acceptors (Lipinski definition) is 6. The molecule has 0 saturated heterocycles. The summed E-state index contributed by atoms with van der Waals surface area (Å²) in [6.07, 6.45) is 0. The zero-order valence-corrected chi connectivity index (χ0v) is 58.1. The van der Waals surface area contributed by atoms with E-state index < -0.39 is 0 Å². The Morgan fingerprint density at radius 2 is 0.594 bits per heavy atom. The fourth-order valence-electron chi connectivity index (χ4n) is 16.6. The van der Waals surface area contributed by atoms with Gasteiger partial charge >= 0.3 is 0 Å². The molecule has 0 aliphatic carbocycles. The van der Waals surface area contributed by atoms with Crippen LogP contribution in [0.15, 0.2) is 381 Å². The molecule has 496 valence electrons. The molecular formula is C98H62N6OS. The molecule has 22 aromatic rings. The first-order chi connectivity index (χ1) is 52.6. The van der Waals surface area contributed by atoms with Crippen molar-refractivity contribution in [3.8, 4) is 55.2 Å². The molecule has 0 radical (unpaired) electrons. The SMILES string of the molecule is c1ccc(N(c2ccccc2)c2ccc(-c3ccc(-c4ccc5ccc6c7c(ccc4c57)cc4c5ccccc5n(-c5ccccc5)c46)s3)cc2)cc1.c1ccc(N(c2ccccc2)c2ccc(-c3nnc(-c4ccc5ccc6c7c(ccc4c57)cc4c5ccccc5n(-c5ccccc5)c46)o3)cc2)cc1. The second-order valence-corrected chi connectivity index (χ2v) is 28.3. The van der Waals surface area contributed by atoms with Crippen LogP contribution in [0, 0.1) is 0 Å². The Hall–Kier alpha value is -13.9. The molecule has 0 spiro atoms. The minimum absolute atomic E-state index is 0.484. The molecule has 18 aromatic carbocycles. The van der Waals surface area contributed by atoms with Crippen molar-refractivity contribution in [2.24, 2.45) is 0 Å². The quantitative estimate of drug-likeness (QED) is 0.114. The van der Waals surface area contributed by atoms with Crippen LogP contribution >= 0.6 is 11.3 Å². The summed E-state index contributed by atoms with van der Waals surface area (Å²) in [7, 11) is 0. The highest BCUT2D eigenvalue weighted by molar-refractivity contribution is 7.19. The van der Waals surface area contributed by atoms with E-state index in [2.05, 4.69) is 381 Å². The first-order valence-corrected chi connectivity index (χ1v) is 36.8. The smallest absolute Gasteiger partial charge is 0.248 e. The number of para-hydroxylation sites is 8. The first-order valence-electron chi connectivity index (χ1n) is 35.9. The zero-order chi connectivity index (χ0) is 69.8. The average molecular weight is 1370 g/mol. The topological polar surface area (TPSA) is 55.3 Å². The lowest BCUT2D eigenvalue weighted by Crippen LogP contribution is -2.09. The second-order valence-electron chi connectivity index (χ2n) is 27.2. The van der Waals surface area contributed by atoms with Crippen LogP contribution in [0.3, 0.4) is 0 Å². The Bertz CT molecular complexity index is 6530. The van der Waals surface area contributed by atoms with Crippen molar-refractivity contribution in [3.63, 3.8) is 0 Å². The van der Waals surface area contributed by atoms with Gasteiger partial charge in [-0.05, 0) is 217 Å². The van der Waals surface area contributed by atoms with Crippen molar-refractivity contribution in [2.45, 2.75) is 0 Å². The minimum Gasteiger partial charge on any atom is -0.416 e. The van der Waals surface area contributed by atoms with Crippen molar-refractivity contribution in [1.82, 2.24) is 19.3 Å². The molecule has 106 heavy (non-hydrogen) atoms. The number of benzene rings is 18. The third kappa shape index (κ3) is 9.95. The molecular weight excluding hydrogens is 1310 g/mol. The molecule has 4 aromatic heterocycles. The summed E-state index contributed by atoms with van der Waals surface area (Å²) < 4.78 is 11.3. The van der Waals surface area contributed by atoms with Gasteiger partial charge < -0.3 is 23.4 Å². The second kappa shape index (κ2) is 25.0. The van der Waals surface area contributed by atoms with E-state index in [1.807, 2.05) is 35.6 Å². The highest BCUT2D eigenvalue weighted by Gasteiger charge is 2.25. The van der Waals surface area contributed by atoms with Crippen LogP contribution in [0.5, 0.6) is 0 Å². The van der Waals surface area contributed by atoms with Gasteiger partial charge in [-0.3, -0.25) is 0 Å². The third-order valence-corrected chi connectivity index (χ3v) is 22.4. The van der Waals surface area contributed by atoms with Gasteiger partial charge in [-0.1, -0.05) is 224 Å². The molecule has 0 aliphatic heterocycles. The van der Waals surface area contributed by atoms with Crippen molar-refractivity contribution in [3.05, 3.63) is 376 Å². The predicted molar refractivity (Wildman–Crippen MR) is 446 cm³/mol. The van der Waals surface area contributed by atoms with E-state index in [1.54, 1.807) is 0 Å². The lowest BCUT2D eigenvalue weighted by Gasteiger charge is -2.25. The number of nitrogens with zero attached hydrogens (tertiary/aromatic N) is 6. The molecule has 7 nitrogen and oxygen atoms in total. The van der Waals surface area contributed by atoms with Crippen LogP contribution in [0.4, 0.5) is 34.1 Å². The van der Waals surface area contributed by atoms with E-state index in [9.17, 15) is 0 Å². The largest absolute Gasteiger partial charge is 0.416 e. The lowest BCUT2D eigenvalue weighted by atomic mass is 9.90. The number of aromatic nitrogens is 4. The molecule has 0 N–H and O–H groups in total. The van der Waals surface area contributed by atoms with E-state index in [-0.39, 0.29) is 0 Å². The number of rotatable bonds is 12. The fourth-order valence-corrected chi connectivity index (χ4v) is 17.6. The summed E-state index contributed by atoms with van der Waals surface area (Å²) in [5.74, 6) is 0.984.